The lowest BCUT2D eigenvalue weighted by atomic mass is 10.3. The van der Waals surface area contributed by atoms with Crippen molar-refractivity contribution < 1.29 is 23.8 Å². The molecule has 0 saturated carbocycles. The molecule has 3 N–H and O–H groups in total. The van der Waals surface area contributed by atoms with Gasteiger partial charge in [-0.15, -0.1) is 0 Å². The number of aromatic nitrogens is 2. The van der Waals surface area contributed by atoms with Crippen LogP contribution in [0.25, 0.3) is 0 Å². The molecule has 1 atom stereocenters. The second kappa shape index (κ2) is 6.61. The zero-order valence-electron chi connectivity index (χ0n) is 10.4. The van der Waals surface area contributed by atoms with Crippen LogP contribution in [0.3, 0.4) is 0 Å². The number of aromatic amines is 1. The Labute approximate surface area is 111 Å². The summed E-state index contributed by atoms with van der Waals surface area (Å²) in [6, 6.07) is -1.47. The van der Waals surface area contributed by atoms with Crippen molar-refractivity contribution >= 4 is 11.9 Å². The highest BCUT2D eigenvalue weighted by Crippen LogP contribution is 1.92. The number of carboxylic acids is 1. The van der Waals surface area contributed by atoms with E-state index in [0.717, 1.165) is 0 Å². The highest BCUT2D eigenvalue weighted by Gasteiger charge is 2.21. The topological polar surface area (TPSA) is 130 Å². The van der Waals surface area contributed by atoms with Crippen molar-refractivity contribution in [3.05, 3.63) is 32.9 Å². The highest BCUT2D eigenvalue weighted by atomic mass is 19.1. The Kier molecular flexibility index (Phi) is 5.15. The van der Waals surface area contributed by atoms with Crippen molar-refractivity contribution in [2.75, 3.05) is 13.7 Å². The minimum atomic E-state index is -1.47. The standard InChI is InChI=1S/C10H12FN3O6/c1-20-4-7(15)12-6(9(17)18)3-14-2-5(11)8(16)13-10(14)19/h2,6H,3-4H2,1H3,(H,12,15)(H,17,18)(H,13,16,19). The number of nitrogens with one attached hydrogen (secondary N) is 2. The van der Waals surface area contributed by atoms with Crippen LogP contribution in [0.4, 0.5) is 4.39 Å². The molecule has 0 aliphatic heterocycles. The van der Waals surface area contributed by atoms with Crippen LogP contribution < -0.4 is 16.6 Å². The monoisotopic (exact) mass is 289 g/mol. The average molecular weight is 289 g/mol. The van der Waals surface area contributed by atoms with Gasteiger partial charge in [0.05, 0.1) is 12.7 Å². The fourth-order valence-electron chi connectivity index (χ4n) is 1.37. The van der Waals surface area contributed by atoms with E-state index in [1.807, 2.05) is 0 Å². The van der Waals surface area contributed by atoms with Crippen LogP contribution >= 0.6 is 0 Å². The van der Waals surface area contributed by atoms with Crippen LogP contribution in [0.2, 0.25) is 0 Å². The molecule has 1 unspecified atom stereocenters. The lowest BCUT2D eigenvalue weighted by Crippen LogP contribution is -2.47. The summed E-state index contributed by atoms with van der Waals surface area (Å²) < 4.78 is 18.2. The normalized spacial score (nSPS) is 11.9. The van der Waals surface area contributed by atoms with Crippen molar-refractivity contribution in [1.29, 1.82) is 0 Å². The molecule has 0 fully saturated rings. The molecular formula is C10H12FN3O6. The summed E-state index contributed by atoms with van der Waals surface area (Å²) in [5.74, 6) is -3.37. The van der Waals surface area contributed by atoms with E-state index in [4.69, 9.17) is 5.11 Å². The highest BCUT2D eigenvalue weighted by molar-refractivity contribution is 5.84. The molecule has 9 nitrogen and oxygen atoms in total. The molecule has 1 heterocycles. The second-order valence-corrected chi connectivity index (χ2v) is 3.78. The number of methoxy groups -OCH3 is 1. The molecule has 1 rings (SSSR count). The number of carbonyl (C=O) groups is 2. The summed E-state index contributed by atoms with van der Waals surface area (Å²) in [5, 5.41) is 11.0. The Bertz CT molecular complexity index is 622. The van der Waals surface area contributed by atoms with Crippen LogP contribution in [0.5, 0.6) is 0 Å². The van der Waals surface area contributed by atoms with E-state index in [0.29, 0.717) is 10.8 Å². The SMILES string of the molecule is COCC(=O)NC(Cn1cc(F)c(=O)[nH]c1=O)C(=O)O. The van der Waals surface area contributed by atoms with E-state index in [1.54, 1.807) is 4.98 Å². The number of halogens is 1. The Balaban J connectivity index is 2.94. The molecule has 10 heteroatoms. The Hall–Kier alpha value is -2.49. The van der Waals surface area contributed by atoms with Gasteiger partial charge < -0.3 is 15.2 Å². The Morgan fingerprint density at radius 3 is 2.75 bits per heavy atom. The number of carboxylic acid groups (broad SMARTS) is 1. The Morgan fingerprint density at radius 1 is 1.55 bits per heavy atom. The fraction of sp³-hybridized carbons (Fsp3) is 0.400. The van der Waals surface area contributed by atoms with Gasteiger partial charge in [0.2, 0.25) is 11.7 Å². The number of aliphatic carboxylic acids is 1. The van der Waals surface area contributed by atoms with E-state index in [1.165, 1.54) is 7.11 Å². The number of rotatable bonds is 6. The van der Waals surface area contributed by atoms with Crippen LogP contribution in [-0.4, -0.2) is 46.3 Å². The molecule has 1 amide bonds. The first-order valence-electron chi connectivity index (χ1n) is 5.35. The van der Waals surface area contributed by atoms with E-state index in [2.05, 4.69) is 10.1 Å². The number of H-pyrrole nitrogens is 1. The predicted molar refractivity (Wildman–Crippen MR) is 62.7 cm³/mol. The molecule has 1 aromatic rings. The van der Waals surface area contributed by atoms with Crippen molar-refractivity contribution in [1.82, 2.24) is 14.9 Å². The molecule has 0 radical (unpaired) electrons. The summed E-state index contributed by atoms with van der Waals surface area (Å²) in [5.41, 5.74) is -2.19. The van der Waals surface area contributed by atoms with Crippen LogP contribution in [0.15, 0.2) is 15.8 Å². The third-order valence-corrected chi connectivity index (χ3v) is 2.26. The molecular weight excluding hydrogens is 277 g/mol. The van der Waals surface area contributed by atoms with E-state index in [9.17, 15) is 23.6 Å². The van der Waals surface area contributed by atoms with E-state index in [-0.39, 0.29) is 6.61 Å². The summed E-state index contributed by atoms with van der Waals surface area (Å²) in [4.78, 5) is 46.1. The predicted octanol–water partition coefficient (Wildman–Crippen LogP) is -2.11. The molecule has 0 aliphatic carbocycles. The molecule has 0 aliphatic rings. The van der Waals surface area contributed by atoms with Gasteiger partial charge in [0, 0.05) is 7.11 Å². The number of hydrogen-bond acceptors (Lipinski definition) is 5. The first-order valence-corrected chi connectivity index (χ1v) is 5.35. The maximum Gasteiger partial charge on any atom is 0.328 e. The fourth-order valence-corrected chi connectivity index (χ4v) is 1.37. The van der Waals surface area contributed by atoms with Gasteiger partial charge in [-0.1, -0.05) is 0 Å². The second-order valence-electron chi connectivity index (χ2n) is 3.78. The number of hydrogen-bond donors (Lipinski definition) is 3. The molecule has 1 aromatic heterocycles. The smallest absolute Gasteiger partial charge is 0.328 e. The van der Waals surface area contributed by atoms with Gasteiger partial charge in [0.25, 0.3) is 5.56 Å². The molecule has 20 heavy (non-hydrogen) atoms. The lowest BCUT2D eigenvalue weighted by Gasteiger charge is -2.15. The molecule has 0 saturated heterocycles. The number of carbonyl (C=O) groups excluding carboxylic acids is 1. The van der Waals surface area contributed by atoms with Gasteiger partial charge in [-0.25, -0.2) is 9.59 Å². The van der Waals surface area contributed by atoms with Gasteiger partial charge in [-0.3, -0.25) is 19.1 Å². The Morgan fingerprint density at radius 2 is 2.20 bits per heavy atom. The third-order valence-electron chi connectivity index (χ3n) is 2.26. The van der Waals surface area contributed by atoms with Gasteiger partial charge in [0.15, 0.2) is 0 Å². The van der Waals surface area contributed by atoms with Crippen molar-refractivity contribution in [3.8, 4) is 0 Å². The molecule has 0 aromatic carbocycles. The minimum absolute atomic E-state index is 0.362. The first-order chi connectivity index (χ1) is 9.35. The maximum atomic E-state index is 13.0. The van der Waals surface area contributed by atoms with Crippen LogP contribution in [0.1, 0.15) is 0 Å². The summed E-state index contributed by atoms with van der Waals surface area (Å²) in [6.07, 6.45) is 0.569. The zero-order chi connectivity index (χ0) is 15.3. The van der Waals surface area contributed by atoms with Crippen LogP contribution in [-0.2, 0) is 20.9 Å². The van der Waals surface area contributed by atoms with Crippen molar-refractivity contribution in [2.24, 2.45) is 0 Å². The molecule has 110 valence electrons. The van der Waals surface area contributed by atoms with Crippen molar-refractivity contribution in [3.63, 3.8) is 0 Å². The molecule has 0 spiro atoms. The number of ether oxygens (including phenoxy) is 1. The summed E-state index contributed by atoms with van der Waals surface area (Å²) in [7, 11) is 1.25. The minimum Gasteiger partial charge on any atom is -0.480 e. The first kappa shape index (κ1) is 15.6. The summed E-state index contributed by atoms with van der Waals surface area (Å²) in [6.45, 7) is -0.907. The van der Waals surface area contributed by atoms with Gasteiger partial charge >= 0.3 is 11.7 Å². The number of amides is 1. The average Bonchev–Trinajstić information content (AvgIpc) is 2.35. The summed E-state index contributed by atoms with van der Waals surface area (Å²) >= 11 is 0. The maximum absolute atomic E-state index is 13.0. The number of nitrogens with zero attached hydrogens (tertiary/aromatic N) is 1. The van der Waals surface area contributed by atoms with E-state index >= 15 is 0 Å². The quantitative estimate of drug-likeness (QED) is 0.549. The van der Waals surface area contributed by atoms with Gasteiger partial charge in [0.1, 0.15) is 12.6 Å². The van der Waals surface area contributed by atoms with Gasteiger partial charge in [-0.2, -0.15) is 4.39 Å². The zero-order valence-corrected chi connectivity index (χ0v) is 10.4. The van der Waals surface area contributed by atoms with Crippen LogP contribution in [0, 0.1) is 5.82 Å². The molecule has 0 bridgehead atoms. The largest absolute Gasteiger partial charge is 0.480 e. The third kappa shape index (κ3) is 4.02. The van der Waals surface area contributed by atoms with Crippen molar-refractivity contribution in [2.45, 2.75) is 12.6 Å². The van der Waals surface area contributed by atoms with Gasteiger partial charge in [-0.05, 0) is 0 Å². The van der Waals surface area contributed by atoms with E-state index < -0.39 is 41.5 Å². The lowest BCUT2D eigenvalue weighted by molar-refractivity contribution is -0.142.